The average Bonchev–Trinajstić information content (AvgIpc) is 3.33. The van der Waals surface area contributed by atoms with Gasteiger partial charge in [0.05, 0.1) is 17.5 Å². The molecule has 0 N–H and O–H groups in total. The summed E-state index contributed by atoms with van der Waals surface area (Å²) < 4.78 is 53.4. The van der Waals surface area contributed by atoms with Gasteiger partial charge in [0.1, 0.15) is 5.82 Å². The Morgan fingerprint density at radius 3 is 2.39 bits per heavy atom. The zero-order valence-electron chi connectivity index (χ0n) is 18.3. The molecule has 2 fully saturated rings. The quantitative estimate of drug-likeness (QED) is 0.637. The Hall–Kier alpha value is -2.61. The highest BCUT2D eigenvalue weighted by Crippen LogP contribution is 2.40. The highest BCUT2D eigenvalue weighted by atomic mass is 19.4. The average molecular weight is 462 g/mol. The van der Waals surface area contributed by atoms with E-state index in [0.29, 0.717) is 31.6 Å². The zero-order chi connectivity index (χ0) is 23.2. The van der Waals surface area contributed by atoms with Crippen molar-refractivity contribution in [2.24, 2.45) is 5.92 Å². The largest absolute Gasteiger partial charge is 0.416 e. The van der Waals surface area contributed by atoms with Gasteiger partial charge in [-0.25, -0.2) is 4.39 Å². The third kappa shape index (κ3) is 4.45. The van der Waals surface area contributed by atoms with Crippen LogP contribution in [0.4, 0.5) is 23.2 Å². The van der Waals surface area contributed by atoms with Crippen molar-refractivity contribution in [2.75, 3.05) is 37.6 Å². The maximum absolute atomic E-state index is 13.5. The number of alkyl halides is 3. The van der Waals surface area contributed by atoms with E-state index in [4.69, 9.17) is 0 Å². The van der Waals surface area contributed by atoms with Gasteiger partial charge in [-0.05, 0) is 60.7 Å². The van der Waals surface area contributed by atoms with Crippen molar-refractivity contribution in [3.8, 4) is 0 Å². The number of rotatable bonds is 3. The lowest BCUT2D eigenvalue weighted by molar-refractivity contribution is -0.137. The fourth-order valence-electron chi connectivity index (χ4n) is 5.51. The maximum atomic E-state index is 13.5. The second-order valence-corrected chi connectivity index (χ2v) is 9.31. The molecule has 4 nitrogen and oxygen atoms in total. The van der Waals surface area contributed by atoms with Crippen LogP contribution in [-0.2, 0) is 23.9 Å². The summed E-state index contributed by atoms with van der Waals surface area (Å²) in [5.41, 5.74) is 1.74. The molecule has 0 radical (unpaired) electrons. The van der Waals surface area contributed by atoms with E-state index < -0.39 is 11.7 Å². The van der Waals surface area contributed by atoms with Crippen LogP contribution in [-0.4, -0.2) is 54.5 Å². The molecule has 1 amide bonds. The molecular formula is C25H27F4N3O. The van der Waals surface area contributed by atoms with Crippen LogP contribution in [0, 0.1) is 11.7 Å². The van der Waals surface area contributed by atoms with Gasteiger partial charge in [-0.3, -0.25) is 9.69 Å². The minimum atomic E-state index is -4.41. The summed E-state index contributed by atoms with van der Waals surface area (Å²) in [6.45, 7) is 4.08. The molecule has 5 rings (SSSR count). The van der Waals surface area contributed by atoms with Crippen LogP contribution in [0.1, 0.15) is 29.5 Å². The molecular weight excluding hydrogens is 434 g/mol. The van der Waals surface area contributed by atoms with E-state index in [1.807, 2.05) is 4.90 Å². The molecule has 3 aliphatic heterocycles. The lowest BCUT2D eigenvalue weighted by Crippen LogP contribution is -2.61. The SMILES string of the molecule is O=C(C1Cc2cc(C(F)(F)F)ccc2N2CCN(Cc3ccc(F)cc3)CC12)N1CCCC1. The van der Waals surface area contributed by atoms with Gasteiger partial charge in [0, 0.05) is 45.0 Å². The van der Waals surface area contributed by atoms with Crippen LogP contribution in [0.3, 0.4) is 0 Å². The van der Waals surface area contributed by atoms with Gasteiger partial charge in [0.2, 0.25) is 5.91 Å². The summed E-state index contributed by atoms with van der Waals surface area (Å²) in [7, 11) is 0. The van der Waals surface area contributed by atoms with Crippen molar-refractivity contribution < 1.29 is 22.4 Å². The van der Waals surface area contributed by atoms with E-state index in [-0.39, 0.29) is 23.7 Å². The zero-order valence-corrected chi connectivity index (χ0v) is 18.3. The number of hydrogen-bond donors (Lipinski definition) is 0. The number of amides is 1. The Bertz CT molecular complexity index is 1020. The van der Waals surface area contributed by atoms with Crippen molar-refractivity contribution in [3.05, 3.63) is 65.0 Å². The van der Waals surface area contributed by atoms with Crippen molar-refractivity contribution in [1.82, 2.24) is 9.80 Å². The number of carbonyl (C=O) groups is 1. The van der Waals surface area contributed by atoms with Gasteiger partial charge in [0.25, 0.3) is 0 Å². The Labute approximate surface area is 190 Å². The van der Waals surface area contributed by atoms with E-state index in [9.17, 15) is 22.4 Å². The first kappa shape index (κ1) is 22.2. The van der Waals surface area contributed by atoms with Gasteiger partial charge in [0.15, 0.2) is 0 Å². The lowest BCUT2D eigenvalue weighted by atomic mass is 9.82. The Morgan fingerprint density at radius 1 is 0.970 bits per heavy atom. The molecule has 0 spiro atoms. The normalized spacial score (nSPS) is 23.4. The number of hydrogen-bond acceptors (Lipinski definition) is 3. The molecule has 8 heteroatoms. The number of carbonyl (C=O) groups excluding carboxylic acids is 1. The third-order valence-corrected chi connectivity index (χ3v) is 7.18. The van der Waals surface area contributed by atoms with Crippen LogP contribution in [0.2, 0.25) is 0 Å². The van der Waals surface area contributed by atoms with Crippen LogP contribution in [0.5, 0.6) is 0 Å². The van der Waals surface area contributed by atoms with Gasteiger partial charge < -0.3 is 9.80 Å². The van der Waals surface area contributed by atoms with Crippen LogP contribution in [0.15, 0.2) is 42.5 Å². The fraction of sp³-hybridized carbons (Fsp3) is 0.480. The highest BCUT2D eigenvalue weighted by molar-refractivity contribution is 5.82. The molecule has 3 heterocycles. The van der Waals surface area contributed by atoms with Crippen LogP contribution >= 0.6 is 0 Å². The summed E-state index contributed by atoms with van der Waals surface area (Å²) in [5.74, 6) is -0.605. The molecule has 2 saturated heterocycles. The summed E-state index contributed by atoms with van der Waals surface area (Å²) in [6.07, 6.45) is -2.15. The predicted molar refractivity (Wildman–Crippen MR) is 117 cm³/mol. The Balaban J connectivity index is 1.43. The van der Waals surface area contributed by atoms with E-state index >= 15 is 0 Å². The lowest BCUT2D eigenvalue weighted by Gasteiger charge is -2.49. The molecule has 2 aromatic carbocycles. The molecule has 176 valence electrons. The second kappa shape index (κ2) is 8.63. The predicted octanol–water partition coefficient (Wildman–Crippen LogP) is 4.33. The Morgan fingerprint density at radius 2 is 1.70 bits per heavy atom. The molecule has 0 saturated carbocycles. The van der Waals surface area contributed by atoms with E-state index in [1.165, 1.54) is 18.2 Å². The topological polar surface area (TPSA) is 26.8 Å². The van der Waals surface area contributed by atoms with E-state index in [2.05, 4.69) is 9.80 Å². The van der Waals surface area contributed by atoms with Crippen molar-refractivity contribution >= 4 is 11.6 Å². The molecule has 2 aromatic rings. The van der Waals surface area contributed by atoms with Gasteiger partial charge in [-0.2, -0.15) is 13.2 Å². The first-order chi connectivity index (χ1) is 15.8. The van der Waals surface area contributed by atoms with E-state index in [1.54, 1.807) is 18.2 Å². The molecule has 33 heavy (non-hydrogen) atoms. The van der Waals surface area contributed by atoms with E-state index in [0.717, 1.165) is 49.8 Å². The molecule has 2 atom stereocenters. The van der Waals surface area contributed by atoms with Gasteiger partial charge >= 0.3 is 6.18 Å². The fourth-order valence-corrected chi connectivity index (χ4v) is 5.51. The van der Waals surface area contributed by atoms with Crippen molar-refractivity contribution in [2.45, 2.75) is 38.0 Å². The summed E-state index contributed by atoms with van der Waals surface area (Å²) in [5, 5.41) is 0. The second-order valence-electron chi connectivity index (χ2n) is 9.31. The first-order valence-electron chi connectivity index (χ1n) is 11.5. The molecule has 0 aliphatic carbocycles. The van der Waals surface area contributed by atoms with Crippen molar-refractivity contribution in [1.29, 1.82) is 0 Å². The number of likely N-dealkylation sites (tertiary alicyclic amines) is 1. The first-order valence-corrected chi connectivity index (χ1v) is 11.5. The number of piperazine rings is 1. The molecule has 2 unspecified atom stereocenters. The smallest absolute Gasteiger partial charge is 0.365 e. The van der Waals surface area contributed by atoms with Gasteiger partial charge in [-0.1, -0.05) is 12.1 Å². The molecule has 3 aliphatic rings. The van der Waals surface area contributed by atoms with Crippen molar-refractivity contribution in [3.63, 3.8) is 0 Å². The van der Waals surface area contributed by atoms with Crippen LogP contribution in [0.25, 0.3) is 0 Å². The minimum absolute atomic E-state index is 0.0502. The Kier molecular flexibility index (Phi) is 5.80. The maximum Gasteiger partial charge on any atom is 0.416 e. The van der Waals surface area contributed by atoms with Gasteiger partial charge in [-0.15, -0.1) is 0 Å². The third-order valence-electron chi connectivity index (χ3n) is 7.18. The summed E-state index contributed by atoms with van der Waals surface area (Å²) in [4.78, 5) is 19.7. The number of halogens is 4. The summed E-state index contributed by atoms with van der Waals surface area (Å²) >= 11 is 0. The standard InChI is InChI=1S/C25H27F4N3O/c26-20-6-3-17(4-7-20)15-30-11-12-32-22-8-5-19(25(27,28)29)13-18(22)14-21(23(32)16-30)24(33)31-9-1-2-10-31/h3-8,13,21,23H,1-2,9-12,14-16H2. The molecule has 0 bridgehead atoms. The minimum Gasteiger partial charge on any atom is -0.365 e. The summed E-state index contributed by atoms with van der Waals surface area (Å²) in [6, 6.07) is 10.3. The number of fused-ring (bicyclic) bond motifs is 3. The number of benzene rings is 2. The molecule has 0 aromatic heterocycles. The number of nitrogens with zero attached hydrogens (tertiary/aromatic N) is 3. The monoisotopic (exact) mass is 461 g/mol. The number of anilines is 1. The van der Waals surface area contributed by atoms with Crippen LogP contribution < -0.4 is 4.90 Å². The highest BCUT2D eigenvalue weighted by Gasteiger charge is 2.44.